The summed E-state index contributed by atoms with van der Waals surface area (Å²) in [5.74, 6) is 0. The van der Waals surface area contributed by atoms with E-state index in [9.17, 15) is 0 Å². The molecular weight excluding hydrogens is 114 g/mol. The largest absolute Gasteiger partial charge is 0.353 e. The lowest BCUT2D eigenvalue weighted by Crippen LogP contribution is -2.20. The molecule has 1 heterocycles. The van der Waals surface area contributed by atoms with Gasteiger partial charge in [0.1, 0.15) is 0 Å². The number of hydrogen-bond donors (Lipinski definition) is 1. The van der Waals surface area contributed by atoms with Crippen molar-refractivity contribution in [2.75, 3.05) is 14.1 Å². The van der Waals surface area contributed by atoms with Gasteiger partial charge < -0.3 is 5.32 Å². The van der Waals surface area contributed by atoms with Gasteiger partial charge in [0.25, 0.3) is 0 Å². The van der Waals surface area contributed by atoms with E-state index in [0.717, 1.165) is 6.17 Å². The van der Waals surface area contributed by atoms with Gasteiger partial charge in [-0.1, -0.05) is 0 Å². The van der Waals surface area contributed by atoms with Crippen molar-refractivity contribution >= 4 is 6.34 Å². The predicted molar refractivity (Wildman–Crippen MR) is 37.7 cm³/mol. The highest BCUT2D eigenvalue weighted by molar-refractivity contribution is 5.59. The van der Waals surface area contributed by atoms with Gasteiger partial charge in [-0.2, -0.15) is 0 Å². The fourth-order valence-electron chi connectivity index (χ4n) is 0.577. The molecule has 0 aromatic rings. The molecular formula is C6H10N3. The van der Waals surface area contributed by atoms with Gasteiger partial charge in [-0.3, -0.25) is 4.90 Å². The van der Waals surface area contributed by atoms with Crippen molar-refractivity contribution in [1.82, 2.24) is 10.2 Å². The summed E-state index contributed by atoms with van der Waals surface area (Å²) in [6, 6.07) is 0. The second-order valence-corrected chi connectivity index (χ2v) is 2.01. The molecule has 1 rings (SSSR count). The van der Waals surface area contributed by atoms with Crippen molar-refractivity contribution in [1.29, 1.82) is 0 Å². The van der Waals surface area contributed by atoms with Crippen LogP contribution in [0.1, 0.15) is 0 Å². The second-order valence-electron chi connectivity index (χ2n) is 2.01. The zero-order valence-electron chi connectivity index (χ0n) is 5.63. The first kappa shape index (κ1) is 6.29. The third kappa shape index (κ3) is 1.54. The monoisotopic (exact) mass is 124 g/mol. The molecule has 0 aliphatic carbocycles. The molecule has 0 fully saturated rings. The van der Waals surface area contributed by atoms with E-state index in [0.29, 0.717) is 0 Å². The van der Waals surface area contributed by atoms with Crippen molar-refractivity contribution in [2.45, 2.75) is 0 Å². The molecule has 0 bridgehead atoms. The minimum atomic E-state index is 0.966. The average Bonchev–Trinajstić information content (AvgIpc) is 1.90. The molecule has 0 aromatic heterocycles. The maximum atomic E-state index is 4.05. The highest BCUT2D eigenvalue weighted by Crippen LogP contribution is 2.06. The van der Waals surface area contributed by atoms with Crippen LogP contribution in [0.15, 0.2) is 17.3 Å². The van der Waals surface area contributed by atoms with Crippen LogP contribution >= 0.6 is 0 Å². The van der Waals surface area contributed by atoms with Crippen molar-refractivity contribution in [2.24, 2.45) is 4.99 Å². The lowest BCUT2D eigenvalue weighted by Gasteiger charge is -2.16. The molecule has 0 amide bonds. The number of nitrogens with zero attached hydrogens (tertiary/aromatic N) is 2. The SMILES string of the molecule is CN(C)[C]1C=CNC=N1. The van der Waals surface area contributed by atoms with Crippen LogP contribution in [0.4, 0.5) is 0 Å². The molecule has 0 aromatic carbocycles. The first-order chi connectivity index (χ1) is 4.30. The molecule has 0 unspecified atom stereocenters. The second kappa shape index (κ2) is 2.64. The zero-order valence-corrected chi connectivity index (χ0v) is 5.63. The van der Waals surface area contributed by atoms with Gasteiger partial charge in [0.2, 0.25) is 0 Å². The summed E-state index contributed by atoms with van der Waals surface area (Å²) in [5, 5.41) is 2.85. The summed E-state index contributed by atoms with van der Waals surface area (Å²) in [6.45, 7) is 0. The molecule has 0 saturated heterocycles. The Hall–Kier alpha value is -0.830. The van der Waals surface area contributed by atoms with Crippen LogP contribution in [0.3, 0.4) is 0 Å². The number of rotatable bonds is 1. The van der Waals surface area contributed by atoms with Gasteiger partial charge in [0.15, 0.2) is 6.17 Å². The first-order valence-electron chi connectivity index (χ1n) is 2.80. The molecule has 1 radical (unpaired) electrons. The van der Waals surface area contributed by atoms with Gasteiger partial charge in [0, 0.05) is 6.20 Å². The molecule has 0 saturated carbocycles. The summed E-state index contributed by atoms with van der Waals surface area (Å²) >= 11 is 0. The van der Waals surface area contributed by atoms with E-state index in [1.807, 2.05) is 31.3 Å². The maximum Gasteiger partial charge on any atom is 0.177 e. The summed E-state index contributed by atoms with van der Waals surface area (Å²) in [4.78, 5) is 6.00. The summed E-state index contributed by atoms with van der Waals surface area (Å²) in [7, 11) is 3.92. The lowest BCUT2D eigenvalue weighted by atomic mass is 10.4. The van der Waals surface area contributed by atoms with E-state index < -0.39 is 0 Å². The topological polar surface area (TPSA) is 27.6 Å². The highest BCUT2D eigenvalue weighted by atomic mass is 15.2. The van der Waals surface area contributed by atoms with Crippen LogP contribution in [0.2, 0.25) is 0 Å². The molecule has 0 spiro atoms. The van der Waals surface area contributed by atoms with Gasteiger partial charge in [-0.25, -0.2) is 4.99 Å². The minimum absolute atomic E-state index is 0.966. The van der Waals surface area contributed by atoms with Gasteiger partial charge in [0.05, 0.1) is 6.34 Å². The van der Waals surface area contributed by atoms with Crippen LogP contribution in [0, 0.1) is 6.17 Å². The fourth-order valence-corrected chi connectivity index (χ4v) is 0.577. The smallest absolute Gasteiger partial charge is 0.177 e. The van der Waals surface area contributed by atoms with Crippen molar-refractivity contribution in [3.8, 4) is 0 Å². The number of likely N-dealkylation sites (N-methyl/N-ethyl adjacent to an activating group) is 1. The Balaban J connectivity index is 2.49. The summed E-state index contributed by atoms with van der Waals surface area (Å²) < 4.78 is 0. The molecule has 1 aliphatic rings. The van der Waals surface area contributed by atoms with E-state index in [1.54, 1.807) is 6.34 Å². The van der Waals surface area contributed by atoms with Crippen LogP contribution in [-0.2, 0) is 0 Å². The molecule has 1 N–H and O–H groups in total. The minimum Gasteiger partial charge on any atom is -0.353 e. The Labute approximate surface area is 55.1 Å². The molecule has 3 nitrogen and oxygen atoms in total. The lowest BCUT2D eigenvalue weighted by molar-refractivity contribution is 0.446. The normalized spacial score (nSPS) is 18.6. The molecule has 49 valence electrons. The Morgan fingerprint density at radius 3 is 2.67 bits per heavy atom. The summed E-state index contributed by atoms with van der Waals surface area (Å²) in [5.41, 5.74) is 0. The highest BCUT2D eigenvalue weighted by Gasteiger charge is 2.06. The van der Waals surface area contributed by atoms with Gasteiger partial charge in [-0.05, 0) is 20.2 Å². The van der Waals surface area contributed by atoms with Crippen LogP contribution in [0.25, 0.3) is 0 Å². The van der Waals surface area contributed by atoms with Gasteiger partial charge >= 0.3 is 0 Å². The first-order valence-corrected chi connectivity index (χ1v) is 2.80. The van der Waals surface area contributed by atoms with Crippen LogP contribution < -0.4 is 5.32 Å². The molecule has 0 atom stereocenters. The fraction of sp³-hybridized carbons (Fsp3) is 0.333. The maximum absolute atomic E-state index is 4.05. The number of aliphatic imine (C=N–C) groups is 1. The average molecular weight is 124 g/mol. The molecule has 3 heteroatoms. The number of hydrogen-bond acceptors (Lipinski definition) is 3. The van der Waals surface area contributed by atoms with E-state index in [1.165, 1.54) is 0 Å². The van der Waals surface area contributed by atoms with Crippen molar-refractivity contribution in [3.05, 3.63) is 18.4 Å². The quantitative estimate of drug-likeness (QED) is 0.540. The third-order valence-electron chi connectivity index (χ3n) is 1.06. The predicted octanol–water partition coefficient (Wildman–Crippen LogP) is 0.183. The summed E-state index contributed by atoms with van der Waals surface area (Å²) in [6.07, 6.45) is 6.39. The van der Waals surface area contributed by atoms with E-state index in [2.05, 4.69) is 10.3 Å². The zero-order chi connectivity index (χ0) is 6.69. The Kier molecular flexibility index (Phi) is 1.85. The Morgan fingerprint density at radius 2 is 2.33 bits per heavy atom. The van der Waals surface area contributed by atoms with Crippen LogP contribution in [-0.4, -0.2) is 25.3 Å². The van der Waals surface area contributed by atoms with Crippen LogP contribution in [0.5, 0.6) is 0 Å². The third-order valence-corrected chi connectivity index (χ3v) is 1.06. The van der Waals surface area contributed by atoms with Crippen molar-refractivity contribution < 1.29 is 0 Å². The molecule has 9 heavy (non-hydrogen) atoms. The van der Waals surface area contributed by atoms with Crippen molar-refractivity contribution in [3.63, 3.8) is 0 Å². The number of nitrogens with one attached hydrogen (secondary N) is 1. The Morgan fingerprint density at radius 1 is 1.56 bits per heavy atom. The Bertz CT molecular complexity index is 125. The molecule has 1 aliphatic heterocycles. The van der Waals surface area contributed by atoms with E-state index >= 15 is 0 Å². The van der Waals surface area contributed by atoms with Gasteiger partial charge in [-0.15, -0.1) is 0 Å². The van der Waals surface area contributed by atoms with E-state index in [4.69, 9.17) is 0 Å². The standard InChI is InChI=1S/C6H10N3/c1-9(2)6-3-4-7-5-8-6/h3-5H,1-2H3,(H,7,8). The van der Waals surface area contributed by atoms with E-state index in [-0.39, 0.29) is 0 Å².